The lowest BCUT2D eigenvalue weighted by Gasteiger charge is -2.24. The van der Waals surface area contributed by atoms with E-state index in [1.165, 1.54) is 11.8 Å². The predicted octanol–water partition coefficient (Wildman–Crippen LogP) is 4.41. The average Bonchev–Trinajstić information content (AvgIpc) is 2.55. The molecular formula is C17H17NO2S2. The molecule has 0 saturated heterocycles. The number of carbonyl (C=O) groups is 1. The molecule has 0 unspecified atom stereocenters. The molecule has 0 heterocycles. The fraction of sp³-hybridized carbons (Fsp3) is 0.176. The first-order valence-corrected chi connectivity index (χ1v) is 8.34. The van der Waals surface area contributed by atoms with E-state index in [1.807, 2.05) is 65.6 Å². The number of thiocarbonyl (C=S) groups is 1. The zero-order chi connectivity index (χ0) is 15.8. The Labute approximate surface area is 140 Å². The second-order valence-electron chi connectivity index (χ2n) is 4.37. The van der Waals surface area contributed by atoms with Crippen molar-refractivity contribution < 1.29 is 9.53 Å². The normalized spacial score (nSPS) is 10.0. The first-order chi connectivity index (χ1) is 10.7. The van der Waals surface area contributed by atoms with Crippen LogP contribution in [0.3, 0.4) is 0 Å². The summed E-state index contributed by atoms with van der Waals surface area (Å²) < 4.78 is 5.56. The lowest BCUT2D eigenvalue weighted by Crippen LogP contribution is -2.22. The van der Waals surface area contributed by atoms with Gasteiger partial charge in [-0.25, -0.2) is 0 Å². The van der Waals surface area contributed by atoms with Crippen LogP contribution in [0.5, 0.6) is 0 Å². The summed E-state index contributed by atoms with van der Waals surface area (Å²) in [4.78, 5) is 13.5. The Morgan fingerprint density at radius 3 is 2.00 bits per heavy atom. The molecule has 3 nitrogen and oxygen atoms in total. The number of benzene rings is 2. The van der Waals surface area contributed by atoms with Crippen molar-refractivity contribution in [1.29, 1.82) is 0 Å². The number of para-hydroxylation sites is 2. The first kappa shape index (κ1) is 16.5. The number of esters is 1. The van der Waals surface area contributed by atoms with Crippen molar-refractivity contribution in [2.75, 3.05) is 17.3 Å². The fourth-order valence-electron chi connectivity index (χ4n) is 1.90. The Hall–Kier alpha value is -1.85. The van der Waals surface area contributed by atoms with Gasteiger partial charge in [-0.1, -0.05) is 60.4 Å². The molecule has 0 radical (unpaired) electrons. The molecule has 0 aliphatic carbocycles. The highest BCUT2D eigenvalue weighted by Crippen LogP contribution is 2.29. The monoisotopic (exact) mass is 331 g/mol. The third-order valence-corrected chi connectivity index (χ3v) is 4.18. The summed E-state index contributed by atoms with van der Waals surface area (Å²) in [5.41, 5.74) is 1.94. The minimum atomic E-state index is -0.254. The standard InChI is InChI=1S/C17H17NO2S2/c1-2-20-16(19)13-22-17(21)18(14-9-5-3-6-10-14)15-11-7-4-8-12-15/h3-12H,2,13H2,1H3. The lowest BCUT2D eigenvalue weighted by molar-refractivity contribution is -0.139. The summed E-state index contributed by atoms with van der Waals surface area (Å²) in [6.45, 7) is 2.17. The zero-order valence-electron chi connectivity index (χ0n) is 12.3. The summed E-state index contributed by atoms with van der Waals surface area (Å²) in [5.74, 6) is -0.0426. The molecular weight excluding hydrogens is 314 g/mol. The number of hydrogen-bond donors (Lipinski definition) is 0. The van der Waals surface area contributed by atoms with Crippen molar-refractivity contribution in [3.8, 4) is 0 Å². The molecule has 0 amide bonds. The quantitative estimate of drug-likeness (QED) is 0.598. The Morgan fingerprint density at radius 1 is 1.05 bits per heavy atom. The van der Waals surface area contributed by atoms with Crippen LogP contribution in [0, 0.1) is 0 Å². The zero-order valence-corrected chi connectivity index (χ0v) is 13.9. The van der Waals surface area contributed by atoms with Crippen LogP contribution in [-0.4, -0.2) is 22.6 Å². The molecule has 2 rings (SSSR count). The highest BCUT2D eigenvalue weighted by atomic mass is 32.2. The van der Waals surface area contributed by atoms with Gasteiger partial charge in [0.25, 0.3) is 0 Å². The smallest absolute Gasteiger partial charge is 0.316 e. The van der Waals surface area contributed by atoms with E-state index in [2.05, 4.69) is 0 Å². The largest absolute Gasteiger partial charge is 0.465 e. The van der Waals surface area contributed by atoms with E-state index < -0.39 is 0 Å². The minimum absolute atomic E-state index is 0.211. The molecule has 2 aromatic carbocycles. The van der Waals surface area contributed by atoms with Gasteiger partial charge in [0.2, 0.25) is 0 Å². The van der Waals surface area contributed by atoms with Gasteiger partial charge in [0.1, 0.15) is 4.32 Å². The molecule has 22 heavy (non-hydrogen) atoms. The number of carbonyl (C=O) groups excluding carboxylic acids is 1. The van der Waals surface area contributed by atoms with Gasteiger partial charge in [0, 0.05) is 11.4 Å². The third kappa shape index (κ3) is 4.58. The van der Waals surface area contributed by atoms with Crippen LogP contribution < -0.4 is 4.90 Å². The average molecular weight is 331 g/mol. The number of nitrogens with zero attached hydrogens (tertiary/aromatic N) is 1. The van der Waals surface area contributed by atoms with E-state index in [4.69, 9.17) is 17.0 Å². The van der Waals surface area contributed by atoms with Crippen LogP contribution in [0.1, 0.15) is 6.92 Å². The molecule has 0 aliphatic heterocycles. The summed E-state index contributed by atoms with van der Waals surface area (Å²) in [5, 5.41) is 0. The van der Waals surface area contributed by atoms with E-state index in [1.54, 1.807) is 6.92 Å². The second-order valence-corrected chi connectivity index (χ2v) is 5.98. The van der Waals surface area contributed by atoms with Crippen LogP contribution >= 0.6 is 24.0 Å². The van der Waals surface area contributed by atoms with Gasteiger partial charge in [-0.3, -0.25) is 9.69 Å². The summed E-state index contributed by atoms with van der Waals surface area (Å²) in [6.07, 6.45) is 0. The Bertz CT molecular complexity index is 578. The van der Waals surface area contributed by atoms with Crippen molar-refractivity contribution in [3.63, 3.8) is 0 Å². The summed E-state index contributed by atoms with van der Waals surface area (Å²) in [6, 6.07) is 19.7. The molecule has 0 aliphatic rings. The van der Waals surface area contributed by atoms with Crippen molar-refractivity contribution in [1.82, 2.24) is 0 Å². The van der Waals surface area contributed by atoms with Crippen molar-refractivity contribution in [3.05, 3.63) is 60.7 Å². The molecule has 2 aromatic rings. The number of ether oxygens (including phenoxy) is 1. The second kappa shape index (κ2) is 8.56. The van der Waals surface area contributed by atoms with Gasteiger partial charge in [-0.15, -0.1) is 0 Å². The Balaban J connectivity index is 2.18. The number of hydrogen-bond acceptors (Lipinski definition) is 4. The van der Waals surface area contributed by atoms with Gasteiger partial charge in [-0.2, -0.15) is 0 Å². The number of anilines is 2. The molecule has 0 atom stereocenters. The van der Waals surface area contributed by atoms with Gasteiger partial charge < -0.3 is 4.74 Å². The number of rotatable bonds is 5. The predicted molar refractivity (Wildman–Crippen MR) is 96.7 cm³/mol. The Kier molecular flexibility index (Phi) is 6.43. The molecule has 114 valence electrons. The maximum atomic E-state index is 11.5. The van der Waals surface area contributed by atoms with Crippen LogP contribution in [-0.2, 0) is 9.53 Å². The number of thioether (sulfide) groups is 1. The highest BCUT2D eigenvalue weighted by molar-refractivity contribution is 8.23. The summed E-state index contributed by atoms with van der Waals surface area (Å²) in [7, 11) is 0. The van der Waals surface area contributed by atoms with E-state index in [9.17, 15) is 4.79 Å². The minimum Gasteiger partial charge on any atom is -0.465 e. The molecule has 0 saturated carbocycles. The third-order valence-electron chi connectivity index (χ3n) is 2.83. The fourth-order valence-corrected chi connectivity index (χ4v) is 2.95. The van der Waals surface area contributed by atoms with Gasteiger partial charge in [0.15, 0.2) is 0 Å². The SMILES string of the molecule is CCOC(=O)CSC(=S)N(c1ccccc1)c1ccccc1. The van der Waals surface area contributed by atoms with Crippen molar-refractivity contribution in [2.24, 2.45) is 0 Å². The molecule has 0 N–H and O–H groups in total. The highest BCUT2D eigenvalue weighted by Gasteiger charge is 2.16. The van der Waals surface area contributed by atoms with Gasteiger partial charge >= 0.3 is 5.97 Å². The molecule has 0 aromatic heterocycles. The maximum absolute atomic E-state index is 11.5. The van der Waals surface area contributed by atoms with E-state index in [-0.39, 0.29) is 11.7 Å². The van der Waals surface area contributed by atoms with Gasteiger partial charge in [0.05, 0.1) is 12.4 Å². The topological polar surface area (TPSA) is 29.5 Å². The molecule has 0 bridgehead atoms. The van der Waals surface area contributed by atoms with Crippen LogP contribution in [0.2, 0.25) is 0 Å². The van der Waals surface area contributed by atoms with Crippen LogP contribution in [0.25, 0.3) is 0 Å². The first-order valence-electron chi connectivity index (χ1n) is 6.95. The van der Waals surface area contributed by atoms with Crippen molar-refractivity contribution >= 4 is 45.6 Å². The van der Waals surface area contributed by atoms with Crippen LogP contribution in [0.15, 0.2) is 60.7 Å². The summed E-state index contributed by atoms with van der Waals surface area (Å²) >= 11 is 6.83. The van der Waals surface area contributed by atoms with E-state index >= 15 is 0 Å². The maximum Gasteiger partial charge on any atom is 0.316 e. The molecule has 5 heteroatoms. The Morgan fingerprint density at radius 2 is 1.55 bits per heavy atom. The molecule has 0 spiro atoms. The van der Waals surface area contributed by atoms with Gasteiger partial charge in [-0.05, 0) is 31.2 Å². The lowest BCUT2D eigenvalue weighted by atomic mass is 10.2. The molecule has 0 fully saturated rings. The van der Waals surface area contributed by atoms with Crippen molar-refractivity contribution in [2.45, 2.75) is 6.92 Å². The van der Waals surface area contributed by atoms with E-state index in [0.717, 1.165) is 11.4 Å². The van der Waals surface area contributed by atoms with Crippen LogP contribution in [0.4, 0.5) is 11.4 Å². The van der Waals surface area contributed by atoms with E-state index in [0.29, 0.717) is 10.9 Å².